The number of hydrogen-bond donors (Lipinski definition) is 2. The molecule has 12 heteroatoms. The van der Waals surface area contributed by atoms with E-state index in [9.17, 15) is 19.2 Å². The van der Waals surface area contributed by atoms with Crippen molar-refractivity contribution in [3.8, 4) is 5.75 Å². The summed E-state index contributed by atoms with van der Waals surface area (Å²) in [6, 6.07) is 10.7. The van der Waals surface area contributed by atoms with E-state index in [-0.39, 0.29) is 22.9 Å². The van der Waals surface area contributed by atoms with Crippen LogP contribution < -0.4 is 15.5 Å². The number of carbonyl (C=O) groups is 4. The molecule has 2 amide bonds. The van der Waals surface area contributed by atoms with Gasteiger partial charge in [-0.2, -0.15) is 5.10 Å². The van der Waals surface area contributed by atoms with E-state index in [0.717, 1.165) is 23.3 Å². The Hall–Kier alpha value is -3.73. The van der Waals surface area contributed by atoms with E-state index in [2.05, 4.69) is 22.8 Å². The molecular weight excluding hydrogens is 577 g/mol. The third-order valence-electron chi connectivity index (χ3n) is 6.05. The summed E-state index contributed by atoms with van der Waals surface area (Å²) in [6.07, 6.45) is 3.76. The molecular formula is C28H25Cl2N3O6S. The van der Waals surface area contributed by atoms with E-state index in [4.69, 9.17) is 32.7 Å². The van der Waals surface area contributed by atoms with Crippen molar-refractivity contribution in [1.82, 2.24) is 5.43 Å². The van der Waals surface area contributed by atoms with Gasteiger partial charge in [-0.25, -0.2) is 15.0 Å². The predicted molar refractivity (Wildman–Crippen MR) is 154 cm³/mol. The standard InChI is InChI=1S/C28H25Cl2N3O6S/c1-3-38-28(37)23-20-10-4-15(2)12-22(20)40-26(23)32-24(34)25(35)33-31-14-16-5-8-18(9-6-16)39-27(36)19-11-7-17(29)13-21(19)30/h5-9,11,13-15H,3-4,10,12H2,1-2H3,(H,32,34)(H,33,35)/b31-14+. The average molecular weight is 602 g/mol. The van der Waals surface area contributed by atoms with Crippen LogP contribution in [0, 0.1) is 5.92 Å². The molecule has 1 aromatic heterocycles. The molecule has 2 aromatic carbocycles. The lowest BCUT2D eigenvalue weighted by Gasteiger charge is -2.18. The molecule has 2 N–H and O–H groups in total. The Labute approximate surface area is 244 Å². The summed E-state index contributed by atoms with van der Waals surface area (Å²) in [5, 5.41) is 7.23. The molecule has 40 heavy (non-hydrogen) atoms. The van der Waals surface area contributed by atoms with Crippen molar-refractivity contribution in [1.29, 1.82) is 0 Å². The van der Waals surface area contributed by atoms with Gasteiger partial charge in [-0.1, -0.05) is 30.1 Å². The largest absolute Gasteiger partial charge is 0.462 e. The minimum Gasteiger partial charge on any atom is -0.462 e. The number of rotatable bonds is 7. The van der Waals surface area contributed by atoms with Crippen molar-refractivity contribution in [3.63, 3.8) is 0 Å². The maximum Gasteiger partial charge on any atom is 0.345 e. The summed E-state index contributed by atoms with van der Waals surface area (Å²) < 4.78 is 10.5. The van der Waals surface area contributed by atoms with Crippen molar-refractivity contribution in [2.24, 2.45) is 11.0 Å². The van der Waals surface area contributed by atoms with Gasteiger partial charge >= 0.3 is 23.8 Å². The number of amides is 2. The maximum atomic E-state index is 12.6. The zero-order valence-corrected chi connectivity index (χ0v) is 23.9. The first kappa shape index (κ1) is 29.3. The fourth-order valence-electron chi connectivity index (χ4n) is 4.07. The molecule has 9 nitrogen and oxygen atoms in total. The van der Waals surface area contributed by atoms with Gasteiger partial charge in [0.05, 0.1) is 29.0 Å². The van der Waals surface area contributed by atoms with Crippen LogP contribution in [0.5, 0.6) is 5.75 Å². The van der Waals surface area contributed by atoms with Gasteiger partial charge in [0.1, 0.15) is 10.8 Å². The lowest BCUT2D eigenvalue weighted by molar-refractivity contribution is -0.136. The molecule has 1 atom stereocenters. The predicted octanol–water partition coefficient (Wildman–Crippen LogP) is 5.66. The van der Waals surface area contributed by atoms with Gasteiger partial charge in [0, 0.05) is 9.90 Å². The Morgan fingerprint density at radius 3 is 2.52 bits per heavy atom. The van der Waals surface area contributed by atoms with Crippen LogP contribution in [0.25, 0.3) is 0 Å². The zero-order valence-electron chi connectivity index (χ0n) is 21.6. The van der Waals surface area contributed by atoms with Crippen LogP contribution in [0.1, 0.15) is 57.0 Å². The smallest absolute Gasteiger partial charge is 0.345 e. The van der Waals surface area contributed by atoms with Gasteiger partial charge < -0.3 is 14.8 Å². The van der Waals surface area contributed by atoms with Crippen LogP contribution in [0.3, 0.4) is 0 Å². The quantitative estimate of drug-likeness (QED) is 0.118. The summed E-state index contributed by atoms with van der Waals surface area (Å²) >= 11 is 13.2. The topological polar surface area (TPSA) is 123 Å². The second-order valence-electron chi connectivity index (χ2n) is 9.01. The number of anilines is 1. The van der Waals surface area contributed by atoms with Crippen molar-refractivity contribution in [2.75, 3.05) is 11.9 Å². The summed E-state index contributed by atoms with van der Waals surface area (Å²) in [6.45, 7) is 4.04. The van der Waals surface area contributed by atoms with Crippen molar-refractivity contribution >= 4 is 69.5 Å². The van der Waals surface area contributed by atoms with Crippen LogP contribution in [0.15, 0.2) is 47.6 Å². The number of esters is 2. The summed E-state index contributed by atoms with van der Waals surface area (Å²) in [7, 11) is 0. The Morgan fingerprint density at radius 1 is 1.07 bits per heavy atom. The molecule has 1 unspecified atom stereocenters. The molecule has 1 aliphatic rings. The summed E-state index contributed by atoms with van der Waals surface area (Å²) in [5.41, 5.74) is 4.10. The van der Waals surface area contributed by atoms with Gasteiger partial charge in [0.25, 0.3) is 0 Å². The van der Waals surface area contributed by atoms with E-state index in [1.807, 2.05) is 0 Å². The molecule has 3 aromatic rings. The first-order chi connectivity index (χ1) is 19.2. The SMILES string of the molecule is CCOC(=O)c1c(NC(=O)C(=O)N/N=C/c2ccc(OC(=O)c3ccc(Cl)cc3Cl)cc2)sc2c1CCC(C)C2. The van der Waals surface area contributed by atoms with E-state index >= 15 is 0 Å². The highest BCUT2D eigenvalue weighted by molar-refractivity contribution is 7.17. The van der Waals surface area contributed by atoms with E-state index in [1.165, 1.54) is 47.9 Å². The summed E-state index contributed by atoms with van der Waals surface area (Å²) in [5.74, 6) is -2.40. The Kier molecular flexibility index (Phi) is 9.57. The molecule has 4 rings (SSSR count). The molecule has 1 heterocycles. The third-order valence-corrected chi connectivity index (χ3v) is 7.76. The van der Waals surface area contributed by atoms with E-state index in [0.29, 0.717) is 33.5 Å². The van der Waals surface area contributed by atoms with E-state index < -0.39 is 23.8 Å². The molecule has 0 saturated heterocycles. The lowest BCUT2D eigenvalue weighted by Crippen LogP contribution is -2.32. The van der Waals surface area contributed by atoms with Crippen LogP contribution in [0.4, 0.5) is 5.00 Å². The van der Waals surface area contributed by atoms with Crippen molar-refractivity contribution < 1.29 is 28.7 Å². The lowest BCUT2D eigenvalue weighted by atomic mass is 9.88. The second kappa shape index (κ2) is 13.1. The van der Waals surface area contributed by atoms with Crippen LogP contribution >= 0.6 is 34.5 Å². The molecule has 0 bridgehead atoms. The van der Waals surface area contributed by atoms with Crippen LogP contribution in [-0.4, -0.2) is 36.6 Å². The number of thiophene rings is 1. The van der Waals surface area contributed by atoms with Crippen molar-refractivity contribution in [2.45, 2.75) is 33.1 Å². The molecule has 0 radical (unpaired) electrons. The number of nitrogens with zero attached hydrogens (tertiary/aromatic N) is 1. The highest BCUT2D eigenvalue weighted by Gasteiger charge is 2.30. The number of nitrogens with one attached hydrogen (secondary N) is 2. The molecule has 208 valence electrons. The Balaban J connectivity index is 1.35. The number of hydrazone groups is 1. The van der Waals surface area contributed by atoms with Gasteiger partial charge in [-0.15, -0.1) is 11.3 Å². The molecule has 0 aliphatic heterocycles. The van der Waals surface area contributed by atoms with Gasteiger partial charge in [-0.3, -0.25) is 9.59 Å². The Bertz CT molecular complexity index is 1490. The number of carbonyl (C=O) groups excluding carboxylic acids is 4. The van der Waals surface area contributed by atoms with Gasteiger partial charge in [-0.05, 0) is 85.7 Å². The highest BCUT2D eigenvalue weighted by Crippen LogP contribution is 2.40. The highest BCUT2D eigenvalue weighted by atomic mass is 35.5. The minimum absolute atomic E-state index is 0.171. The normalized spacial score (nSPS) is 14.3. The van der Waals surface area contributed by atoms with Gasteiger partial charge in [0.2, 0.25) is 0 Å². The van der Waals surface area contributed by atoms with Gasteiger partial charge in [0.15, 0.2) is 0 Å². The van der Waals surface area contributed by atoms with E-state index in [1.54, 1.807) is 19.1 Å². The number of ether oxygens (including phenoxy) is 2. The fraction of sp³-hybridized carbons (Fsp3) is 0.250. The maximum absolute atomic E-state index is 12.6. The molecule has 0 spiro atoms. The summed E-state index contributed by atoms with van der Waals surface area (Å²) in [4.78, 5) is 50.9. The van der Waals surface area contributed by atoms with Crippen molar-refractivity contribution in [3.05, 3.63) is 79.6 Å². The average Bonchev–Trinajstić information content (AvgIpc) is 3.26. The first-order valence-electron chi connectivity index (χ1n) is 12.4. The number of hydrogen-bond acceptors (Lipinski definition) is 8. The Morgan fingerprint density at radius 2 is 1.82 bits per heavy atom. The second-order valence-corrected chi connectivity index (χ2v) is 11.0. The zero-order chi connectivity index (χ0) is 28.8. The number of fused-ring (bicyclic) bond motifs is 1. The molecule has 1 aliphatic carbocycles. The monoisotopic (exact) mass is 601 g/mol. The minimum atomic E-state index is -1.00. The number of halogens is 2. The van der Waals surface area contributed by atoms with Crippen LogP contribution in [-0.2, 0) is 27.2 Å². The van der Waals surface area contributed by atoms with Crippen LogP contribution in [0.2, 0.25) is 10.0 Å². The number of benzene rings is 2. The molecule has 0 fully saturated rings. The molecule has 0 saturated carbocycles. The first-order valence-corrected chi connectivity index (χ1v) is 14.0. The third kappa shape index (κ3) is 7.07. The fourth-order valence-corrected chi connectivity index (χ4v) is 5.95.